The first-order valence-corrected chi connectivity index (χ1v) is 12.4. The first kappa shape index (κ1) is 21.7. The van der Waals surface area contributed by atoms with Gasteiger partial charge in [-0.1, -0.05) is 22.9 Å². The van der Waals surface area contributed by atoms with Gasteiger partial charge in [-0.25, -0.2) is 9.37 Å². The quantitative estimate of drug-likeness (QED) is 0.392. The number of hydrogen-bond acceptors (Lipinski definition) is 8. The van der Waals surface area contributed by atoms with Crippen LogP contribution >= 0.6 is 22.9 Å². The van der Waals surface area contributed by atoms with E-state index in [-0.39, 0.29) is 12.2 Å². The van der Waals surface area contributed by atoms with Crippen LogP contribution in [0, 0.1) is 5.82 Å². The molecule has 3 aromatic heterocycles. The maximum absolute atomic E-state index is 14.9. The summed E-state index contributed by atoms with van der Waals surface area (Å²) in [6.07, 6.45) is 4.02. The van der Waals surface area contributed by atoms with Gasteiger partial charge in [0, 0.05) is 41.4 Å². The van der Waals surface area contributed by atoms with E-state index < -0.39 is 5.82 Å². The molecular formula is C23H23ClFN7OS. The Kier molecular flexibility index (Phi) is 5.39. The van der Waals surface area contributed by atoms with Crippen molar-refractivity contribution in [2.45, 2.75) is 37.9 Å². The maximum Gasteiger partial charge on any atom is 0.228 e. The number of rotatable bonds is 5. The molecule has 11 heteroatoms. The minimum absolute atomic E-state index is 0.0426. The van der Waals surface area contributed by atoms with Gasteiger partial charge in [-0.15, -0.1) is 0 Å². The summed E-state index contributed by atoms with van der Waals surface area (Å²) in [6, 6.07) is 4.62. The van der Waals surface area contributed by atoms with Gasteiger partial charge >= 0.3 is 0 Å². The molecule has 2 N–H and O–H groups in total. The summed E-state index contributed by atoms with van der Waals surface area (Å²) in [6.45, 7) is 3.22. The number of nitrogens with zero attached hydrogens (tertiary/aromatic N) is 5. The normalized spacial score (nSPS) is 20.8. The Morgan fingerprint density at radius 2 is 2.09 bits per heavy atom. The maximum atomic E-state index is 14.9. The Bertz CT molecular complexity index is 1370. The predicted molar refractivity (Wildman–Crippen MR) is 131 cm³/mol. The molecule has 2 fully saturated rings. The van der Waals surface area contributed by atoms with E-state index in [2.05, 4.69) is 25.4 Å². The largest absolute Gasteiger partial charge is 0.367 e. The number of ether oxygens (including phenoxy) is 1. The molecule has 4 heterocycles. The van der Waals surface area contributed by atoms with Crippen molar-refractivity contribution in [2.75, 3.05) is 30.4 Å². The molecule has 2 aliphatic rings. The van der Waals surface area contributed by atoms with Crippen molar-refractivity contribution in [3.05, 3.63) is 46.5 Å². The lowest BCUT2D eigenvalue weighted by Gasteiger charge is -2.37. The number of anilines is 2. The SMILES string of the molecule is CNc1nc2nc(N3C[C@@H](C)O[C@@H](c4cn[nH]c4C4CC4)C3)nc(-c3ccc(Cl)cc3F)c2s1. The van der Waals surface area contributed by atoms with Gasteiger partial charge in [0.25, 0.3) is 0 Å². The van der Waals surface area contributed by atoms with Crippen LogP contribution in [0.25, 0.3) is 21.6 Å². The van der Waals surface area contributed by atoms with Crippen molar-refractivity contribution >= 4 is 44.4 Å². The van der Waals surface area contributed by atoms with Crippen LogP contribution in [0.5, 0.6) is 0 Å². The van der Waals surface area contributed by atoms with E-state index in [0.29, 0.717) is 52.0 Å². The second-order valence-electron chi connectivity index (χ2n) is 8.77. The standard InChI is InChI=1S/C23H23ClFN7OS/c1-11-9-32(10-17(33-11)15-8-27-31-18(15)12-3-4-12)22-28-19(14-6-5-13(24)7-16(14)25)20-21(29-22)30-23(26-2)34-20/h5-8,11-12,17H,3-4,9-10H2,1-2H3,(H,27,31)(H,26,28,29,30)/t11-,17-/m1/s1. The van der Waals surface area contributed by atoms with E-state index in [1.54, 1.807) is 19.2 Å². The van der Waals surface area contributed by atoms with Gasteiger partial charge in [0.05, 0.1) is 24.5 Å². The Morgan fingerprint density at radius 1 is 1.24 bits per heavy atom. The van der Waals surface area contributed by atoms with E-state index >= 15 is 0 Å². The van der Waals surface area contributed by atoms with Gasteiger partial charge in [0.1, 0.15) is 16.6 Å². The van der Waals surface area contributed by atoms with E-state index in [4.69, 9.17) is 26.3 Å². The topological polar surface area (TPSA) is 91.9 Å². The summed E-state index contributed by atoms with van der Waals surface area (Å²) in [5.74, 6) is 0.605. The Balaban J connectivity index is 1.43. The average Bonchev–Trinajstić information content (AvgIpc) is 3.38. The zero-order valence-corrected chi connectivity index (χ0v) is 20.3. The lowest BCUT2D eigenvalue weighted by molar-refractivity contribution is -0.0182. The monoisotopic (exact) mass is 499 g/mol. The summed E-state index contributed by atoms with van der Waals surface area (Å²) in [5.41, 5.74) is 3.66. The fourth-order valence-electron chi connectivity index (χ4n) is 4.47. The molecule has 6 rings (SSSR count). The molecule has 1 aliphatic heterocycles. The molecule has 4 aromatic rings. The molecule has 1 aromatic carbocycles. The molecule has 8 nitrogen and oxygen atoms in total. The van der Waals surface area contributed by atoms with E-state index in [1.165, 1.54) is 30.2 Å². The fourth-order valence-corrected chi connectivity index (χ4v) is 5.49. The van der Waals surface area contributed by atoms with Crippen molar-refractivity contribution in [1.29, 1.82) is 0 Å². The molecule has 34 heavy (non-hydrogen) atoms. The Labute approximate surface area is 204 Å². The third-order valence-corrected chi connectivity index (χ3v) is 7.52. The summed E-state index contributed by atoms with van der Waals surface area (Å²) >= 11 is 7.40. The fraction of sp³-hybridized carbons (Fsp3) is 0.391. The average molecular weight is 500 g/mol. The molecule has 1 saturated heterocycles. The first-order valence-electron chi connectivity index (χ1n) is 11.3. The van der Waals surface area contributed by atoms with Crippen LogP contribution in [0.4, 0.5) is 15.5 Å². The van der Waals surface area contributed by atoms with Crippen LogP contribution in [-0.2, 0) is 4.74 Å². The molecule has 0 spiro atoms. The lowest BCUT2D eigenvalue weighted by Crippen LogP contribution is -2.43. The van der Waals surface area contributed by atoms with Crippen LogP contribution < -0.4 is 10.2 Å². The minimum Gasteiger partial charge on any atom is -0.367 e. The van der Waals surface area contributed by atoms with Crippen LogP contribution in [0.2, 0.25) is 5.02 Å². The van der Waals surface area contributed by atoms with Gasteiger partial charge < -0.3 is 15.0 Å². The highest BCUT2D eigenvalue weighted by Crippen LogP contribution is 2.43. The number of H-pyrrole nitrogens is 1. The van der Waals surface area contributed by atoms with Crippen molar-refractivity contribution in [3.8, 4) is 11.3 Å². The summed E-state index contributed by atoms with van der Waals surface area (Å²) < 4.78 is 22.0. The van der Waals surface area contributed by atoms with Gasteiger partial charge in [-0.05, 0) is 38.0 Å². The minimum atomic E-state index is -0.432. The van der Waals surface area contributed by atoms with Crippen LogP contribution in [0.15, 0.2) is 24.4 Å². The zero-order chi connectivity index (χ0) is 23.4. The van der Waals surface area contributed by atoms with Crippen molar-refractivity contribution in [2.24, 2.45) is 0 Å². The van der Waals surface area contributed by atoms with Crippen LogP contribution in [-0.4, -0.2) is 51.4 Å². The molecule has 1 saturated carbocycles. The van der Waals surface area contributed by atoms with Gasteiger partial charge in [0.2, 0.25) is 5.95 Å². The predicted octanol–water partition coefficient (Wildman–Crippen LogP) is 5.15. The summed E-state index contributed by atoms with van der Waals surface area (Å²) in [5, 5.41) is 11.5. The Hall–Kier alpha value is -2.82. The van der Waals surface area contributed by atoms with Crippen LogP contribution in [0.3, 0.4) is 0 Å². The second-order valence-corrected chi connectivity index (χ2v) is 10.2. The number of fused-ring (bicyclic) bond motifs is 1. The van der Waals surface area contributed by atoms with E-state index in [0.717, 1.165) is 16.0 Å². The smallest absolute Gasteiger partial charge is 0.228 e. The number of hydrogen-bond donors (Lipinski definition) is 2. The van der Waals surface area contributed by atoms with E-state index in [1.807, 2.05) is 13.1 Å². The number of nitrogens with one attached hydrogen (secondary N) is 2. The highest BCUT2D eigenvalue weighted by molar-refractivity contribution is 7.22. The highest BCUT2D eigenvalue weighted by atomic mass is 35.5. The third kappa shape index (κ3) is 3.89. The lowest BCUT2D eigenvalue weighted by atomic mass is 10.1. The van der Waals surface area contributed by atoms with Crippen molar-refractivity contribution < 1.29 is 9.13 Å². The number of aromatic nitrogens is 5. The molecular weight excluding hydrogens is 477 g/mol. The number of morpholine rings is 1. The molecule has 0 radical (unpaired) electrons. The van der Waals surface area contributed by atoms with Gasteiger partial charge in [0.15, 0.2) is 10.8 Å². The zero-order valence-electron chi connectivity index (χ0n) is 18.7. The highest BCUT2D eigenvalue weighted by Gasteiger charge is 2.35. The van der Waals surface area contributed by atoms with Crippen LogP contribution in [0.1, 0.15) is 43.0 Å². The molecule has 0 amide bonds. The number of halogens is 2. The first-order chi connectivity index (χ1) is 16.5. The van der Waals surface area contributed by atoms with Gasteiger partial charge in [-0.2, -0.15) is 15.1 Å². The van der Waals surface area contributed by atoms with E-state index in [9.17, 15) is 4.39 Å². The second kappa shape index (κ2) is 8.44. The summed E-state index contributed by atoms with van der Waals surface area (Å²) in [4.78, 5) is 16.3. The molecule has 0 bridgehead atoms. The number of aromatic amines is 1. The van der Waals surface area contributed by atoms with Crippen molar-refractivity contribution in [1.82, 2.24) is 25.1 Å². The number of thiazole rings is 1. The van der Waals surface area contributed by atoms with Crippen molar-refractivity contribution in [3.63, 3.8) is 0 Å². The molecule has 1 aliphatic carbocycles. The van der Waals surface area contributed by atoms with Gasteiger partial charge in [-0.3, -0.25) is 5.10 Å². The Morgan fingerprint density at radius 3 is 2.85 bits per heavy atom. The molecule has 0 unspecified atom stereocenters. The third-order valence-electron chi connectivity index (χ3n) is 6.22. The molecule has 176 valence electrons. The number of benzene rings is 1. The summed E-state index contributed by atoms with van der Waals surface area (Å²) in [7, 11) is 1.80. The molecule has 2 atom stereocenters.